The van der Waals surface area contributed by atoms with E-state index < -0.39 is 12.1 Å². The molecule has 0 spiro atoms. The van der Waals surface area contributed by atoms with Gasteiger partial charge in [0.25, 0.3) is 0 Å². The highest BCUT2D eigenvalue weighted by Crippen LogP contribution is 2.20. The first-order chi connectivity index (χ1) is 11.5. The summed E-state index contributed by atoms with van der Waals surface area (Å²) >= 11 is 0. The zero-order valence-electron chi connectivity index (χ0n) is 13.3. The second-order valence-electron chi connectivity index (χ2n) is 4.94. The second-order valence-corrected chi connectivity index (χ2v) is 4.94. The van der Waals surface area contributed by atoms with Crippen molar-refractivity contribution in [2.75, 3.05) is 14.2 Å². The van der Waals surface area contributed by atoms with E-state index in [9.17, 15) is 9.59 Å². The number of benzene rings is 1. The van der Waals surface area contributed by atoms with E-state index in [1.165, 1.54) is 7.05 Å². The standard InChI is InChI=1S/C15H18N4O5/c1-16-12(20)8-13-18-19-14(24-13)11(17-15(21)22)7-9-3-5-10(23-2)6-4-9/h3-6,11,17H,7-8H2,1-2H3,(H,16,20)(H,21,22). The molecule has 1 atom stereocenters. The number of carbonyl (C=O) groups excluding carboxylic acids is 1. The van der Waals surface area contributed by atoms with Crippen LogP contribution in [0.4, 0.5) is 4.79 Å². The number of nitrogens with zero attached hydrogens (tertiary/aromatic N) is 2. The van der Waals surface area contributed by atoms with Gasteiger partial charge in [0, 0.05) is 13.5 Å². The molecule has 2 aromatic rings. The molecule has 0 radical (unpaired) electrons. The molecular weight excluding hydrogens is 316 g/mol. The smallest absolute Gasteiger partial charge is 0.405 e. The first-order valence-corrected chi connectivity index (χ1v) is 7.17. The fourth-order valence-corrected chi connectivity index (χ4v) is 2.05. The van der Waals surface area contributed by atoms with Crippen molar-refractivity contribution < 1.29 is 23.8 Å². The predicted molar refractivity (Wildman–Crippen MR) is 82.7 cm³/mol. The van der Waals surface area contributed by atoms with E-state index in [1.54, 1.807) is 19.2 Å². The number of ether oxygens (including phenoxy) is 1. The molecule has 0 aliphatic rings. The molecule has 1 unspecified atom stereocenters. The molecule has 24 heavy (non-hydrogen) atoms. The van der Waals surface area contributed by atoms with E-state index in [1.807, 2.05) is 12.1 Å². The third-order valence-corrected chi connectivity index (χ3v) is 3.27. The zero-order valence-corrected chi connectivity index (χ0v) is 13.3. The largest absolute Gasteiger partial charge is 0.497 e. The van der Waals surface area contributed by atoms with Gasteiger partial charge in [-0.15, -0.1) is 10.2 Å². The molecule has 0 aliphatic carbocycles. The average molecular weight is 334 g/mol. The van der Waals surface area contributed by atoms with Crippen molar-refractivity contribution in [2.45, 2.75) is 18.9 Å². The van der Waals surface area contributed by atoms with Crippen LogP contribution in [0, 0.1) is 0 Å². The first-order valence-electron chi connectivity index (χ1n) is 7.17. The minimum Gasteiger partial charge on any atom is -0.497 e. The lowest BCUT2D eigenvalue weighted by Crippen LogP contribution is -2.28. The Kier molecular flexibility index (Phi) is 5.72. The molecule has 0 saturated carbocycles. The number of carbonyl (C=O) groups is 2. The Bertz CT molecular complexity index is 698. The van der Waals surface area contributed by atoms with Gasteiger partial charge in [0.1, 0.15) is 18.2 Å². The summed E-state index contributed by atoms with van der Waals surface area (Å²) < 4.78 is 10.5. The van der Waals surface area contributed by atoms with Crippen molar-refractivity contribution in [3.8, 4) is 5.75 Å². The summed E-state index contributed by atoms with van der Waals surface area (Å²) in [5, 5.41) is 21.4. The monoisotopic (exact) mass is 334 g/mol. The van der Waals surface area contributed by atoms with Gasteiger partial charge in [-0.3, -0.25) is 4.79 Å². The van der Waals surface area contributed by atoms with E-state index in [4.69, 9.17) is 14.3 Å². The Balaban J connectivity index is 2.15. The van der Waals surface area contributed by atoms with Crippen LogP contribution in [-0.2, 0) is 17.6 Å². The molecule has 2 rings (SSSR count). The Labute approximate surface area is 138 Å². The number of hydrogen-bond acceptors (Lipinski definition) is 6. The lowest BCUT2D eigenvalue weighted by molar-refractivity contribution is -0.120. The number of carboxylic acid groups (broad SMARTS) is 1. The number of likely N-dealkylation sites (N-methyl/N-ethyl adjacent to an activating group) is 1. The highest BCUT2D eigenvalue weighted by Gasteiger charge is 2.22. The minimum absolute atomic E-state index is 0.0637. The molecule has 0 bridgehead atoms. The highest BCUT2D eigenvalue weighted by atomic mass is 16.5. The van der Waals surface area contributed by atoms with Crippen molar-refractivity contribution in [3.63, 3.8) is 0 Å². The molecule has 128 valence electrons. The van der Waals surface area contributed by atoms with Gasteiger partial charge in [-0.2, -0.15) is 0 Å². The van der Waals surface area contributed by atoms with Crippen LogP contribution in [0.3, 0.4) is 0 Å². The van der Waals surface area contributed by atoms with Crippen molar-refractivity contribution in [1.82, 2.24) is 20.8 Å². The molecule has 1 aromatic carbocycles. The second kappa shape index (κ2) is 7.95. The molecular formula is C15H18N4O5. The minimum atomic E-state index is -1.21. The van der Waals surface area contributed by atoms with Gasteiger partial charge in [0.05, 0.1) is 7.11 Å². The number of hydrogen-bond donors (Lipinski definition) is 3. The van der Waals surface area contributed by atoms with Crippen LogP contribution in [0.2, 0.25) is 0 Å². The predicted octanol–water partition coefficient (Wildman–Crippen LogP) is 0.918. The van der Waals surface area contributed by atoms with Gasteiger partial charge in [-0.1, -0.05) is 12.1 Å². The summed E-state index contributed by atoms with van der Waals surface area (Å²) in [5.41, 5.74) is 0.862. The van der Waals surface area contributed by atoms with E-state index in [2.05, 4.69) is 20.8 Å². The molecule has 0 aliphatic heterocycles. The summed E-state index contributed by atoms with van der Waals surface area (Å²) in [4.78, 5) is 22.3. The number of methoxy groups -OCH3 is 1. The number of nitrogens with one attached hydrogen (secondary N) is 2. The molecule has 1 heterocycles. The third kappa shape index (κ3) is 4.70. The number of rotatable bonds is 7. The van der Waals surface area contributed by atoms with Crippen LogP contribution in [0.25, 0.3) is 0 Å². The van der Waals surface area contributed by atoms with E-state index in [0.717, 1.165) is 5.56 Å². The Morgan fingerprint density at radius 2 is 2.00 bits per heavy atom. The van der Waals surface area contributed by atoms with E-state index >= 15 is 0 Å². The summed E-state index contributed by atoms with van der Waals surface area (Å²) in [6.07, 6.45) is -0.955. The fraction of sp³-hybridized carbons (Fsp3) is 0.333. The van der Waals surface area contributed by atoms with Crippen LogP contribution in [0.5, 0.6) is 5.75 Å². The summed E-state index contributed by atoms with van der Waals surface area (Å²) in [6, 6.07) is 6.46. The zero-order chi connectivity index (χ0) is 17.5. The topological polar surface area (TPSA) is 127 Å². The molecule has 9 nitrogen and oxygen atoms in total. The van der Waals surface area contributed by atoms with E-state index in [-0.39, 0.29) is 24.1 Å². The normalized spacial score (nSPS) is 11.6. The van der Waals surface area contributed by atoms with Crippen molar-refractivity contribution in [1.29, 1.82) is 0 Å². The third-order valence-electron chi connectivity index (χ3n) is 3.27. The summed E-state index contributed by atoms with van der Waals surface area (Å²) in [7, 11) is 3.06. The van der Waals surface area contributed by atoms with E-state index in [0.29, 0.717) is 12.2 Å². The Morgan fingerprint density at radius 1 is 1.29 bits per heavy atom. The average Bonchev–Trinajstić information content (AvgIpc) is 3.03. The van der Waals surface area contributed by atoms with Gasteiger partial charge in [-0.05, 0) is 17.7 Å². The van der Waals surface area contributed by atoms with Crippen LogP contribution in [0.15, 0.2) is 28.7 Å². The quantitative estimate of drug-likeness (QED) is 0.687. The Morgan fingerprint density at radius 3 is 2.58 bits per heavy atom. The van der Waals surface area contributed by atoms with Crippen LogP contribution in [0.1, 0.15) is 23.4 Å². The highest BCUT2D eigenvalue weighted by molar-refractivity contribution is 5.77. The summed E-state index contributed by atoms with van der Waals surface area (Å²) in [6.45, 7) is 0. The van der Waals surface area contributed by atoms with Crippen LogP contribution >= 0.6 is 0 Å². The maximum Gasteiger partial charge on any atom is 0.405 e. The van der Waals surface area contributed by atoms with Crippen LogP contribution < -0.4 is 15.4 Å². The molecule has 9 heteroatoms. The van der Waals surface area contributed by atoms with Gasteiger partial charge >= 0.3 is 6.09 Å². The Hall–Kier alpha value is -3.10. The van der Waals surface area contributed by atoms with Gasteiger partial charge in [-0.25, -0.2) is 4.79 Å². The molecule has 2 amide bonds. The molecule has 0 fully saturated rings. The first kappa shape index (κ1) is 17.3. The lowest BCUT2D eigenvalue weighted by Gasteiger charge is -2.13. The van der Waals surface area contributed by atoms with Gasteiger partial charge < -0.3 is 24.9 Å². The summed E-state index contributed by atoms with van der Waals surface area (Å²) in [5.74, 6) is 0.652. The number of aromatic nitrogens is 2. The maximum atomic E-state index is 11.3. The van der Waals surface area contributed by atoms with Crippen molar-refractivity contribution in [3.05, 3.63) is 41.6 Å². The van der Waals surface area contributed by atoms with Gasteiger partial charge in [0.15, 0.2) is 0 Å². The molecule has 1 aromatic heterocycles. The van der Waals surface area contributed by atoms with Crippen LogP contribution in [-0.4, -0.2) is 41.5 Å². The maximum absolute atomic E-state index is 11.3. The van der Waals surface area contributed by atoms with Crippen molar-refractivity contribution in [2.24, 2.45) is 0 Å². The van der Waals surface area contributed by atoms with Gasteiger partial charge in [0.2, 0.25) is 17.7 Å². The SMILES string of the molecule is CNC(=O)Cc1nnc(C(Cc2ccc(OC)cc2)NC(=O)O)o1. The molecule has 3 N–H and O–H groups in total. The number of amides is 2. The molecule has 0 saturated heterocycles. The van der Waals surface area contributed by atoms with Crippen molar-refractivity contribution >= 4 is 12.0 Å². The fourth-order valence-electron chi connectivity index (χ4n) is 2.05. The lowest BCUT2D eigenvalue weighted by atomic mass is 10.1.